The van der Waals surface area contributed by atoms with Gasteiger partial charge in [-0.25, -0.2) is 4.79 Å². The number of aryl methyl sites for hydroxylation is 1. The number of esters is 1. The van der Waals surface area contributed by atoms with Crippen molar-refractivity contribution in [2.24, 2.45) is 0 Å². The lowest BCUT2D eigenvalue weighted by Gasteiger charge is -2.23. The SMILES string of the molecule is CCCc1ccc(NC(C)(C)C(=O)OC)nn1. The van der Waals surface area contributed by atoms with Crippen LogP contribution in [0.3, 0.4) is 0 Å². The van der Waals surface area contributed by atoms with Crippen molar-refractivity contribution in [3.8, 4) is 0 Å². The van der Waals surface area contributed by atoms with Gasteiger partial charge in [0.15, 0.2) is 0 Å². The fourth-order valence-electron chi connectivity index (χ4n) is 1.44. The van der Waals surface area contributed by atoms with E-state index in [1.165, 1.54) is 7.11 Å². The number of methoxy groups -OCH3 is 1. The van der Waals surface area contributed by atoms with Crippen LogP contribution in [0.1, 0.15) is 32.9 Å². The normalized spacial score (nSPS) is 11.1. The second-order valence-electron chi connectivity index (χ2n) is 4.40. The second-order valence-corrected chi connectivity index (χ2v) is 4.40. The monoisotopic (exact) mass is 237 g/mol. The minimum absolute atomic E-state index is 0.336. The van der Waals surface area contributed by atoms with Crippen molar-refractivity contribution < 1.29 is 9.53 Å². The topological polar surface area (TPSA) is 64.1 Å². The van der Waals surface area contributed by atoms with Crippen LogP contribution in [0.15, 0.2) is 12.1 Å². The van der Waals surface area contributed by atoms with Gasteiger partial charge in [-0.05, 0) is 32.4 Å². The predicted molar refractivity (Wildman–Crippen MR) is 65.7 cm³/mol. The molecule has 1 N–H and O–H groups in total. The maximum atomic E-state index is 11.5. The molecule has 1 aromatic heterocycles. The summed E-state index contributed by atoms with van der Waals surface area (Å²) >= 11 is 0. The molecule has 17 heavy (non-hydrogen) atoms. The highest BCUT2D eigenvalue weighted by molar-refractivity contribution is 5.82. The zero-order chi connectivity index (χ0) is 12.9. The van der Waals surface area contributed by atoms with Crippen LogP contribution in [0.4, 0.5) is 5.82 Å². The Kier molecular flexibility index (Phi) is 4.43. The zero-order valence-corrected chi connectivity index (χ0v) is 10.8. The molecule has 0 atom stereocenters. The van der Waals surface area contributed by atoms with Crippen molar-refractivity contribution in [2.45, 2.75) is 39.2 Å². The average Bonchev–Trinajstić information content (AvgIpc) is 2.30. The highest BCUT2D eigenvalue weighted by Crippen LogP contribution is 2.13. The first-order valence-corrected chi connectivity index (χ1v) is 5.69. The molecule has 94 valence electrons. The van der Waals surface area contributed by atoms with E-state index in [4.69, 9.17) is 4.74 Å². The summed E-state index contributed by atoms with van der Waals surface area (Å²) in [4.78, 5) is 11.5. The van der Waals surface area contributed by atoms with E-state index in [-0.39, 0.29) is 5.97 Å². The van der Waals surface area contributed by atoms with Crippen LogP contribution >= 0.6 is 0 Å². The molecule has 0 aliphatic rings. The van der Waals surface area contributed by atoms with Crippen molar-refractivity contribution in [1.82, 2.24) is 10.2 Å². The zero-order valence-electron chi connectivity index (χ0n) is 10.8. The van der Waals surface area contributed by atoms with Gasteiger partial charge in [0.05, 0.1) is 12.8 Å². The summed E-state index contributed by atoms with van der Waals surface area (Å²) in [5, 5.41) is 11.1. The van der Waals surface area contributed by atoms with Gasteiger partial charge in [-0.1, -0.05) is 13.3 Å². The number of carbonyl (C=O) groups is 1. The Morgan fingerprint density at radius 2 is 2.12 bits per heavy atom. The number of carbonyl (C=O) groups excluding carboxylic acids is 1. The lowest BCUT2D eigenvalue weighted by Crippen LogP contribution is -2.41. The van der Waals surface area contributed by atoms with Gasteiger partial charge in [0.1, 0.15) is 11.4 Å². The van der Waals surface area contributed by atoms with Crippen LogP contribution in [-0.4, -0.2) is 28.8 Å². The Bertz CT molecular complexity index is 374. The summed E-state index contributed by atoms with van der Waals surface area (Å²) in [7, 11) is 1.36. The number of nitrogens with one attached hydrogen (secondary N) is 1. The van der Waals surface area contributed by atoms with Gasteiger partial charge < -0.3 is 10.1 Å². The third-order valence-corrected chi connectivity index (χ3v) is 2.36. The summed E-state index contributed by atoms with van der Waals surface area (Å²) in [5.41, 5.74) is 0.143. The Morgan fingerprint density at radius 3 is 2.59 bits per heavy atom. The molecular formula is C12H19N3O2. The lowest BCUT2D eigenvalue weighted by atomic mass is 10.1. The summed E-state index contributed by atoms with van der Waals surface area (Å²) in [5.74, 6) is 0.234. The fourth-order valence-corrected chi connectivity index (χ4v) is 1.44. The van der Waals surface area contributed by atoms with E-state index in [0.29, 0.717) is 5.82 Å². The van der Waals surface area contributed by atoms with Crippen molar-refractivity contribution >= 4 is 11.8 Å². The van der Waals surface area contributed by atoms with Gasteiger partial charge in [-0.3, -0.25) is 0 Å². The number of anilines is 1. The predicted octanol–water partition coefficient (Wildman–Crippen LogP) is 1.79. The number of ether oxygens (including phenoxy) is 1. The highest BCUT2D eigenvalue weighted by atomic mass is 16.5. The number of hydrogen-bond donors (Lipinski definition) is 1. The molecule has 1 rings (SSSR count). The maximum absolute atomic E-state index is 11.5. The smallest absolute Gasteiger partial charge is 0.330 e. The Balaban J connectivity index is 2.71. The van der Waals surface area contributed by atoms with Crippen molar-refractivity contribution in [3.63, 3.8) is 0 Å². The molecule has 0 aliphatic carbocycles. The molecule has 1 aromatic rings. The molecular weight excluding hydrogens is 218 g/mol. The third kappa shape index (κ3) is 3.69. The van der Waals surface area contributed by atoms with E-state index >= 15 is 0 Å². The van der Waals surface area contributed by atoms with Crippen LogP contribution in [0.25, 0.3) is 0 Å². The molecule has 0 bridgehead atoms. The molecule has 0 spiro atoms. The first-order valence-electron chi connectivity index (χ1n) is 5.69. The number of aromatic nitrogens is 2. The van der Waals surface area contributed by atoms with Gasteiger partial charge in [-0.15, -0.1) is 5.10 Å². The molecule has 0 saturated carbocycles. The molecule has 5 heteroatoms. The fraction of sp³-hybridized carbons (Fsp3) is 0.583. The molecule has 0 amide bonds. The minimum atomic E-state index is -0.810. The summed E-state index contributed by atoms with van der Waals surface area (Å²) in [6.45, 7) is 5.56. The average molecular weight is 237 g/mol. The summed E-state index contributed by atoms with van der Waals surface area (Å²) in [6.07, 6.45) is 1.95. The van der Waals surface area contributed by atoms with Crippen LogP contribution in [0.2, 0.25) is 0 Å². The van der Waals surface area contributed by atoms with Gasteiger partial charge in [0, 0.05) is 0 Å². The molecule has 0 radical (unpaired) electrons. The largest absolute Gasteiger partial charge is 0.467 e. The lowest BCUT2D eigenvalue weighted by molar-refractivity contribution is -0.144. The van der Waals surface area contributed by atoms with Gasteiger partial charge in [0.25, 0.3) is 0 Å². The van der Waals surface area contributed by atoms with Crippen LogP contribution in [-0.2, 0) is 16.0 Å². The van der Waals surface area contributed by atoms with Crippen molar-refractivity contribution in [2.75, 3.05) is 12.4 Å². The molecule has 0 fully saturated rings. The molecule has 5 nitrogen and oxygen atoms in total. The molecule has 1 heterocycles. The van der Waals surface area contributed by atoms with Crippen LogP contribution in [0.5, 0.6) is 0 Å². The van der Waals surface area contributed by atoms with E-state index in [0.717, 1.165) is 18.5 Å². The Labute approximate surface area is 102 Å². The number of hydrogen-bond acceptors (Lipinski definition) is 5. The molecule has 0 aromatic carbocycles. The Hall–Kier alpha value is -1.65. The van der Waals surface area contributed by atoms with E-state index in [2.05, 4.69) is 22.4 Å². The van der Waals surface area contributed by atoms with E-state index < -0.39 is 5.54 Å². The highest BCUT2D eigenvalue weighted by Gasteiger charge is 2.28. The number of rotatable bonds is 5. The van der Waals surface area contributed by atoms with Crippen LogP contribution in [0, 0.1) is 0 Å². The van der Waals surface area contributed by atoms with Gasteiger partial charge in [0.2, 0.25) is 0 Å². The quantitative estimate of drug-likeness (QED) is 0.791. The van der Waals surface area contributed by atoms with Crippen molar-refractivity contribution in [3.05, 3.63) is 17.8 Å². The van der Waals surface area contributed by atoms with Crippen molar-refractivity contribution in [1.29, 1.82) is 0 Å². The van der Waals surface area contributed by atoms with Gasteiger partial charge in [-0.2, -0.15) is 5.10 Å². The standard InChI is InChI=1S/C12H19N3O2/c1-5-6-9-7-8-10(15-14-9)13-12(2,3)11(16)17-4/h7-8H,5-6H2,1-4H3,(H,13,15). The summed E-state index contributed by atoms with van der Waals surface area (Å²) in [6, 6.07) is 3.73. The second kappa shape index (κ2) is 5.61. The minimum Gasteiger partial charge on any atom is -0.467 e. The first kappa shape index (κ1) is 13.4. The van der Waals surface area contributed by atoms with E-state index in [1.807, 2.05) is 12.1 Å². The summed E-state index contributed by atoms with van der Waals surface area (Å²) < 4.78 is 4.70. The maximum Gasteiger partial charge on any atom is 0.330 e. The first-order chi connectivity index (χ1) is 7.99. The molecule has 0 saturated heterocycles. The third-order valence-electron chi connectivity index (χ3n) is 2.36. The number of nitrogens with zero attached hydrogens (tertiary/aromatic N) is 2. The molecule has 0 unspecified atom stereocenters. The van der Waals surface area contributed by atoms with E-state index in [1.54, 1.807) is 13.8 Å². The molecule has 0 aliphatic heterocycles. The van der Waals surface area contributed by atoms with Crippen LogP contribution < -0.4 is 5.32 Å². The van der Waals surface area contributed by atoms with Gasteiger partial charge >= 0.3 is 5.97 Å². The van der Waals surface area contributed by atoms with E-state index in [9.17, 15) is 4.79 Å². The Morgan fingerprint density at radius 1 is 1.41 bits per heavy atom.